The van der Waals surface area contributed by atoms with Crippen LogP contribution in [0.4, 0.5) is 17.1 Å². The van der Waals surface area contributed by atoms with E-state index in [0.29, 0.717) is 22.6 Å². The molecule has 0 saturated carbocycles. The molecule has 2 heterocycles. The number of fused-ring (bicyclic) bond motifs is 2. The molecule has 8 rings (SSSR count). The second kappa shape index (κ2) is 14.6. The van der Waals surface area contributed by atoms with E-state index in [1.807, 2.05) is 36.5 Å². The molecule has 5 nitrogen and oxygen atoms in total. The Morgan fingerprint density at radius 1 is 0.600 bits per heavy atom. The van der Waals surface area contributed by atoms with Gasteiger partial charge in [-0.05, 0) is 76.7 Å². The Hall–Kier alpha value is -5.51. The number of nitrogens with zero attached hydrogens (tertiary/aromatic N) is 3. The first-order valence-corrected chi connectivity index (χ1v) is 18.5. The zero-order valence-electron chi connectivity index (χ0n) is 32.2. The fourth-order valence-corrected chi connectivity index (χ4v) is 7.06. The van der Waals surface area contributed by atoms with Crippen LogP contribution in [0, 0.1) is 13.0 Å². The summed E-state index contributed by atoms with van der Waals surface area (Å²) in [7, 11) is 0. The molecule has 2 aromatic heterocycles. The van der Waals surface area contributed by atoms with Gasteiger partial charge in [0, 0.05) is 55.9 Å². The normalized spacial score (nSPS) is 11.8. The molecule has 6 heteroatoms. The standard InChI is InChI=1S/C49H44N3O2.Pt/c1-31-23-24-50-45-39(31)19-14-20-40(45)32-25-33(27-35(26-32)49(5,6)7)41-29-38(52(36-15-10-8-11-16-36)37-17-12-9-13-18-37)30-44-46(41)51-47(54-44)42-28-34(48(2,3)4)21-22-43(42)53;/h8-24,26-30,53H,1-7H3;/q-1;. The Morgan fingerprint density at radius 3 is 1.87 bits per heavy atom. The molecule has 0 aliphatic carbocycles. The van der Waals surface area contributed by atoms with E-state index in [4.69, 9.17) is 14.4 Å². The monoisotopic (exact) mass is 901 g/mol. The van der Waals surface area contributed by atoms with Crippen LogP contribution in [0.3, 0.4) is 0 Å². The summed E-state index contributed by atoms with van der Waals surface area (Å²) in [6.45, 7) is 15.3. The Balaban J connectivity index is 0.00000465. The van der Waals surface area contributed by atoms with Crippen LogP contribution in [0.1, 0.15) is 58.2 Å². The van der Waals surface area contributed by atoms with Gasteiger partial charge in [0.25, 0.3) is 0 Å². The molecule has 6 aromatic carbocycles. The minimum absolute atomic E-state index is 0. The van der Waals surface area contributed by atoms with Gasteiger partial charge in [0.15, 0.2) is 0 Å². The Kier molecular flexibility index (Phi) is 10.0. The largest absolute Gasteiger partial charge is 0.507 e. The molecule has 1 N–H and O–H groups in total. The summed E-state index contributed by atoms with van der Waals surface area (Å²) in [6, 6.07) is 47.3. The van der Waals surface area contributed by atoms with Gasteiger partial charge in [-0.2, -0.15) is 0 Å². The van der Waals surface area contributed by atoms with Crippen LogP contribution in [0.5, 0.6) is 5.75 Å². The zero-order chi connectivity index (χ0) is 37.8. The molecule has 55 heavy (non-hydrogen) atoms. The van der Waals surface area contributed by atoms with Gasteiger partial charge in [-0.25, -0.2) is 4.98 Å². The number of aromatic nitrogens is 2. The van der Waals surface area contributed by atoms with Gasteiger partial charge in [-0.1, -0.05) is 119 Å². The van der Waals surface area contributed by atoms with Crippen LogP contribution in [0.25, 0.3) is 55.7 Å². The third-order valence-electron chi connectivity index (χ3n) is 10.2. The molecular weight excluding hydrogens is 858 g/mol. The molecule has 0 bridgehead atoms. The van der Waals surface area contributed by atoms with Crippen molar-refractivity contribution in [1.82, 2.24) is 9.97 Å². The summed E-state index contributed by atoms with van der Waals surface area (Å²) in [6.07, 6.45) is 1.88. The average molecular weight is 902 g/mol. The van der Waals surface area contributed by atoms with Crippen molar-refractivity contribution in [3.05, 3.63) is 156 Å². The summed E-state index contributed by atoms with van der Waals surface area (Å²) in [5.74, 6) is 0.479. The quantitative estimate of drug-likeness (QED) is 0.168. The number of aromatic hydroxyl groups is 1. The van der Waals surface area contributed by atoms with E-state index in [2.05, 4.69) is 150 Å². The Bertz CT molecular complexity index is 2610. The molecule has 278 valence electrons. The van der Waals surface area contributed by atoms with Gasteiger partial charge in [-0.3, -0.25) is 4.98 Å². The number of aryl methyl sites for hydroxylation is 1. The van der Waals surface area contributed by atoms with Crippen molar-refractivity contribution in [2.24, 2.45) is 0 Å². The summed E-state index contributed by atoms with van der Waals surface area (Å²) >= 11 is 0. The van der Waals surface area contributed by atoms with Crippen LogP contribution < -0.4 is 4.90 Å². The first-order chi connectivity index (χ1) is 25.8. The minimum Gasteiger partial charge on any atom is -0.507 e. The first-order valence-electron chi connectivity index (χ1n) is 18.5. The van der Waals surface area contributed by atoms with Crippen LogP contribution in [0.2, 0.25) is 0 Å². The molecule has 8 aromatic rings. The van der Waals surface area contributed by atoms with Crippen LogP contribution >= 0.6 is 0 Å². The van der Waals surface area contributed by atoms with Crippen molar-refractivity contribution in [1.29, 1.82) is 0 Å². The van der Waals surface area contributed by atoms with Crippen molar-refractivity contribution in [2.45, 2.75) is 59.3 Å². The number of pyridine rings is 1. The predicted molar refractivity (Wildman–Crippen MR) is 223 cm³/mol. The number of rotatable bonds is 6. The third kappa shape index (κ3) is 7.34. The number of oxazole rings is 1. The van der Waals surface area contributed by atoms with Crippen molar-refractivity contribution in [3.8, 4) is 39.5 Å². The number of phenols is 1. The first kappa shape index (κ1) is 37.8. The van der Waals surface area contributed by atoms with Crippen molar-refractivity contribution in [2.75, 3.05) is 4.90 Å². The molecule has 0 amide bonds. The summed E-state index contributed by atoms with van der Waals surface area (Å²) < 4.78 is 6.69. The van der Waals surface area contributed by atoms with Crippen molar-refractivity contribution >= 4 is 39.1 Å². The SMILES string of the molecule is Cc1ccnc2c(-c3[c-]c(-c4cc(N(c5ccccc5)c5ccccc5)cc5oc(-c6cc(C(C)(C)C)ccc6O)nc45)cc(C(C)(C)C)c3)cccc12.[Pt]. The van der Waals surface area contributed by atoms with E-state index in [1.165, 1.54) is 5.56 Å². The average Bonchev–Trinajstić information content (AvgIpc) is 3.59. The second-order valence-electron chi connectivity index (χ2n) is 16.1. The number of benzene rings is 6. The van der Waals surface area contributed by atoms with Crippen LogP contribution in [-0.2, 0) is 31.9 Å². The number of para-hydroxylation sites is 3. The third-order valence-corrected chi connectivity index (χ3v) is 10.2. The van der Waals surface area contributed by atoms with E-state index in [9.17, 15) is 5.11 Å². The maximum Gasteiger partial charge on any atom is 0.230 e. The fourth-order valence-electron chi connectivity index (χ4n) is 7.06. The summed E-state index contributed by atoms with van der Waals surface area (Å²) in [5, 5.41) is 12.3. The fraction of sp³-hybridized carbons (Fsp3) is 0.184. The molecule has 0 saturated heterocycles. The van der Waals surface area contributed by atoms with Gasteiger partial charge in [0.2, 0.25) is 5.89 Å². The van der Waals surface area contributed by atoms with Gasteiger partial charge in [0.05, 0.1) is 11.1 Å². The summed E-state index contributed by atoms with van der Waals surface area (Å²) in [5.41, 5.74) is 12.6. The van der Waals surface area contributed by atoms with E-state index in [0.717, 1.165) is 61.3 Å². The van der Waals surface area contributed by atoms with E-state index in [1.54, 1.807) is 6.07 Å². The predicted octanol–water partition coefficient (Wildman–Crippen LogP) is 13.3. The minimum atomic E-state index is -0.169. The molecule has 0 atom stereocenters. The second-order valence-corrected chi connectivity index (χ2v) is 16.1. The topological polar surface area (TPSA) is 62.4 Å². The molecular formula is C49H44N3O2Pt-. The van der Waals surface area contributed by atoms with Gasteiger partial charge in [-0.15, -0.1) is 34.9 Å². The number of hydrogen-bond acceptors (Lipinski definition) is 5. The molecule has 0 spiro atoms. The number of hydrogen-bond donors (Lipinski definition) is 1. The Labute approximate surface area is 338 Å². The molecule has 0 unspecified atom stereocenters. The van der Waals surface area contributed by atoms with Crippen molar-refractivity contribution in [3.63, 3.8) is 0 Å². The smallest absolute Gasteiger partial charge is 0.230 e. The number of anilines is 3. The van der Waals surface area contributed by atoms with Crippen LogP contribution in [0.15, 0.2) is 138 Å². The molecule has 0 aliphatic rings. The van der Waals surface area contributed by atoms with E-state index >= 15 is 0 Å². The maximum atomic E-state index is 11.2. The zero-order valence-corrected chi connectivity index (χ0v) is 34.5. The molecule has 0 radical (unpaired) electrons. The summed E-state index contributed by atoms with van der Waals surface area (Å²) in [4.78, 5) is 12.3. The molecule has 0 fully saturated rings. The molecule has 0 aliphatic heterocycles. The van der Waals surface area contributed by atoms with Gasteiger partial charge < -0.3 is 14.4 Å². The maximum absolute atomic E-state index is 11.2. The van der Waals surface area contributed by atoms with E-state index < -0.39 is 0 Å². The van der Waals surface area contributed by atoms with Gasteiger partial charge >= 0.3 is 0 Å². The van der Waals surface area contributed by atoms with E-state index in [-0.39, 0.29) is 37.6 Å². The van der Waals surface area contributed by atoms with Gasteiger partial charge in [0.1, 0.15) is 11.3 Å². The Morgan fingerprint density at radius 2 is 1.24 bits per heavy atom. The van der Waals surface area contributed by atoms with Crippen LogP contribution in [-0.4, -0.2) is 15.1 Å². The van der Waals surface area contributed by atoms with Crippen molar-refractivity contribution < 1.29 is 30.6 Å². The number of phenolic OH excluding ortho intramolecular Hbond substituents is 1.